The molecule has 0 atom stereocenters. The van der Waals surface area contributed by atoms with E-state index in [1.54, 1.807) is 6.07 Å². The first-order valence-electron chi connectivity index (χ1n) is 7.42. The van der Waals surface area contributed by atoms with Crippen LogP contribution in [0.15, 0.2) is 29.3 Å². The van der Waals surface area contributed by atoms with E-state index in [-0.39, 0.29) is 22.2 Å². The van der Waals surface area contributed by atoms with Crippen molar-refractivity contribution in [2.75, 3.05) is 11.1 Å². The third-order valence-corrected chi connectivity index (χ3v) is 5.26. The highest BCUT2D eigenvalue weighted by atomic mass is 32.2. The summed E-state index contributed by atoms with van der Waals surface area (Å²) in [5.41, 5.74) is 1.97. The van der Waals surface area contributed by atoms with E-state index in [1.165, 1.54) is 0 Å². The molecule has 138 valence electrons. The third-order valence-electron chi connectivity index (χ3n) is 3.39. The minimum Gasteiger partial charge on any atom is -0.300 e. The molecule has 1 aromatic carbocycles. The van der Waals surface area contributed by atoms with Crippen molar-refractivity contribution in [3.63, 3.8) is 0 Å². The van der Waals surface area contributed by atoms with Crippen molar-refractivity contribution < 1.29 is 18.0 Å². The fraction of sp³-hybridized carbons (Fsp3) is 0.188. The number of carbonyl (C=O) groups is 1. The number of carbonyl (C=O) groups excluding carboxylic acids is 1. The topological polar surface area (TPSA) is 91.6 Å². The number of anilines is 1. The van der Waals surface area contributed by atoms with E-state index in [2.05, 4.69) is 20.5 Å². The summed E-state index contributed by atoms with van der Waals surface area (Å²) in [6.45, 7) is 1.89. The number of nitrogens with one attached hydrogen (secondary N) is 1. The van der Waals surface area contributed by atoms with Gasteiger partial charge in [0.1, 0.15) is 11.1 Å². The maximum Gasteiger partial charge on any atom is 0.445 e. The summed E-state index contributed by atoms with van der Waals surface area (Å²) in [6, 6.07) is 9.31. The Kier molecular flexibility index (Phi) is 5.29. The number of rotatable bonds is 4. The molecular formula is C16H10F3N5OS2. The predicted octanol–water partition coefficient (Wildman–Crippen LogP) is 4.02. The Bertz CT molecular complexity index is 1060. The number of alkyl halides is 3. The van der Waals surface area contributed by atoms with Gasteiger partial charge in [0.15, 0.2) is 0 Å². The number of pyridine rings is 1. The second-order valence-electron chi connectivity index (χ2n) is 5.35. The van der Waals surface area contributed by atoms with Gasteiger partial charge in [0.05, 0.1) is 16.8 Å². The fourth-order valence-electron chi connectivity index (χ4n) is 2.20. The van der Waals surface area contributed by atoms with Crippen LogP contribution in [0.25, 0.3) is 10.9 Å². The normalized spacial score (nSPS) is 11.4. The smallest absolute Gasteiger partial charge is 0.300 e. The van der Waals surface area contributed by atoms with Gasteiger partial charge in [0.25, 0.3) is 0 Å². The van der Waals surface area contributed by atoms with Gasteiger partial charge in [-0.05, 0) is 18.6 Å². The number of hydrogen-bond acceptors (Lipinski definition) is 7. The lowest BCUT2D eigenvalue weighted by Gasteiger charge is -2.07. The van der Waals surface area contributed by atoms with E-state index in [0.29, 0.717) is 10.6 Å². The number of nitrogens with zero attached hydrogens (tertiary/aromatic N) is 4. The number of thioether (sulfide) groups is 1. The van der Waals surface area contributed by atoms with Crippen LogP contribution in [0, 0.1) is 18.3 Å². The number of amides is 1. The lowest BCUT2D eigenvalue weighted by Crippen LogP contribution is -2.14. The second kappa shape index (κ2) is 7.50. The van der Waals surface area contributed by atoms with Crippen molar-refractivity contribution in [3.8, 4) is 6.07 Å². The molecule has 0 aliphatic heterocycles. The predicted molar refractivity (Wildman–Crippen MR) is 95.5 cm³/mol. The summed E-state index contributed by atoms with van der Waals surface area (Å²) in [5.74, 6) is -0.708. The Hall–Kier alpha value is -2.71. The SMILES string of the molecule is Cc1cccc2cc(C#N)c(SCC(=O)Nc3nnc(C(F)(F)F)s3)nc12. The first kappa shape index (κ1) is 19.1. The highest BCUT2D eigenvalue weighted by molar-refractivity contribution is 8.00. The molecule has 1 N–H and O–H groups in total. The first-order valence-corrected chi connectivity index (χ1v) is 9.22. The molecule has 3 rings (SSSR count). The van der Waals surface area contributed by atoms with Crippen LogP contribution in [-0.4, -0.2) is 26.8 Å². The maximum atomic E-state index is 12.5. The number of halogens is 3. The summed E-state index contributed by atoms with van der Waals surface area (Å²) < 4.78 is 37.5. The molecule has 0 radical (unpaired) electrons. The Morgan fingerprint density at radius 3 is 2.81 bits per heavy atom. The average molecular weight is 409 g/mol. The minimum atomic E-state index is -4.61. The van der Waals surface area contributed by atoms with Crippen LogP contribution in [0.5, 0.6) is 0 Å². The molecule has 0 spiro atoms. The highest BCUT2D eigenvalue weighted by Crippen LogP contribution is 2.33. The first-order chi connectivity index (χ1) is 12.8. The number of fused-ring (bicyclic) bond motifs is 1. The van der Waals surface area contributed by atoms with Gasteiger partial charge in [-0.15, -0.1) is 10.2 Å². The van der Waals surface area contributed by atoms with Gasteiger partial charge in [-0.2, -0.15) is 18.4 Å². The summed E-state index contributed by atoms with van der Waals surface area (Å²) in [5, 5.41) is 17.7. The van der Waals surface area contributed by atoms with Crippen LogP contribution in [0.4, 0.5) is 18.3 Å². The van der Waals surface area contributed by atoms with Gasteiger partial charge in [0, 0.05) is 5.39 Å². The van der Waals surface area contributed by atoms with Gasteiger partial charge in [-0.1, -0.05) is 41.3 Å². The van der Waals surface area contributed by atoms with Crippen molar-refractivity contribution in [2.24, 2.45) is 0 Å². The molecule has 3 aromatic rings. The van der Waals surface area contributed by atoms with E-state index in [4.69, 9.17) is 0 Å². The van der Waals surface area contributed by atoms with E-state index in [9.17, 15) is 23.2 Å². The molecule has 0 aliphatic carbocycles. The van der Waals surface area contributed by atoms with Gasteiger partial charge in [-0.3, -0.25) is 10.1 Å². The quantitative estimate of drug-likeness (QED) is 0.655. The second-order valence-corrected chi connectivity index (χ2v) is 7.29. The number of aryl methyl sites for hydroxylation is 1. The van der Waals surface area contributed by atoms with E-state index >= 15 is 0 Å². The van der Waals surface area contributed by atoms with Crippen molar-refractivity contribution >= 4 is 45.0 Å². The maximum absolute atomic E-state index is 12.5. The summed E-state index contributed by atoms with van der Waals surface area (Å²) in [6.07, 6.45) is -4.61. The van der Waals surface area contributed by atoms with Crippen LogP contribution < -0.4 is 5.32 Å². The zero-order valence-electron chi connectivity index (χ0n) is 13.7. The molecule has 2 heterocycles. The van der Waals surface area contributed by atoms with Crippen LogP contribution in [0.1, 0.15) is 16.1 Å². The van der Waals surface area contributed by atoms with Crippen molar-refractivity contribution in [2.45, 2.75) is 18.1 Å². The molecule has 0 saturated heterocycles. The molecule has 27 heavy (non-hydrogen) atoms. The highest BCUT2D eigenvalue weighted by Gasteiger charge is 2.35. The lowest BCUT2D eigenvalue weighted by molar-refractivity contribution is -0.138. The Balaban J connectivity index is 1.72. The average Bonchev–Trinajstić information content (AvgIpc) is 3.08. The van der Waals surface area contributed by atoms with Gasteiger partial charge in [-0.25, -0.2) is 4.98 Å². The minimum absolute atomic E-state index is 0.139. The van der Waals surface area contributed by atoms with Crippen LogP contribution >= 0.6 is 23.1 Å². The number of hydrogen-bond donors (Lipinski definition) is 1. The van der Waals surface area contributed by atoms with Crippen molar-refractivity contribution in [1.82, 2.24) is 15.2 Å². The van der Waals surface area contributed by atoms with E-state index in [1.807, 2.05) is 31.2 Å². The molecule has 0 bridgehead atoms. The molecule has 2 aromatic heterocycles. The molecule has 0 fully saturated rings. The molecule has 11 heteroatoms. The monoisotopic (exact) mass is 409 g/mol. The molecule has 0 saturated carbocycles. The Morgan fingerprint density at radius 2 is 2.15 bits per heavy atom. The third kappa shape index (κ3) is 4.35. The number of aromatic nitrogens is 3. The molecule has 0 unspecified atom stereocenters. The number of para-hydroxylation sites is 1. The molecule has 1 amide bonds. The largest absolute Gasteiger partial charge is 0.445 e. The lowest BCUT2D eigenvalue weighted by atomic mass is 10.1. The van der Waals surface area contributed by atoms with Crippen molar-refractivity contribution in [1.29, 1.82) is 5.26 Å². The Labute approximate surface area is 159 Å². The van der Waals surface area contributed by atoms with Crippen molar-refractivity contribution in [3.05, 3.63) is 40.4 Å². The summed E-state index contributed by atoms with van der Waals surface area (Å²) in [7, 11) is 0. The standard InChI is InChI=1S/C16H10F3N5OS2/c1-8-3-2-4-9-5-10(6-20)13(22-12(8)9)26-7-11(25)21-15-24-23-14(27-15)16(17,18)19/h2-5H,7H2,1H3,(H,21,24,25). The summed E-state index contributed by atoms with van der Waals surface area (Å²) in [4.78, 5) is 16.4. The van der Waals surface area contributed by atoms with Gasteiger partial charge < -0.3 is 0 Å². The van der Waals surface area contributed by atoms with Gasteiger partial charge in [0.2, 0.25) is 16.0 Å². The summed E-state index contributed by atoms with van der Waals surface area (Å²) >= 11 is 1.27. The molecular weight excluding hydrogens is 399 g/mol. The van der Waals surface area contributed by atoms with E-state index < -0.39 is 17.1 Å². The zero-order valence-corrected chi connectivity index (χ0v) is 15.3. The number of nitriles is 1. The van der Waals surface area contributed by atoms with E-state index in [0.717, 1.165) is 28.2 Å². The molecule has 6 nitrogen and oxygen atoms in total. The zero-order chi connectivity index (χ0) is 19.6. The fourth-order valence-corrected chi connectivity index (χ4v) is 3.58. The van der Waals surface area contributed by atoms with Crippen LogP contribution in [-0.2, 0) is 11.0 Å². The molecule has 0 aliphatic rings. The van der Waals surface area contributed by atoms with Gasteiger partial charge >= 0.3 is 6.18 Å². The van der Waals surface area contributed by atoms with Crippen LogP contribution in [0.2, 0.25) is 0 Å². The Morgan fingerprint density at radius 1 is 1.37 bits per heavy atom. The number of benzene rings is 1. The van der Waals surface area contributed by atoms with Crippen LogP contribution in [0.3, 0.4) is 0 Å².